The first-order valence-corrected chi connectivity index (χ1v) is 5.92. The van der Waals surface area contributed by atoms with Gasteiger partial charge in [0.1, 0.15) is 5.56 Å². The molecule has 1 heterocycles. The van der Waals surface area contributed by atoms with E-state index in [0.717, 1.165) is 18.5 Å². The summed E-state index contributed by atoms with van der Waals surface area (Å²) >= 11 is 0. The van der Waals surface area contributed by atoms with Crippen LogP contribution in [0.2, 0.25) is 0 Å². The van der Waals surface area contributed by atoms with Crippen LogP contribution in [0.5, 0.6) is 0 Å². The first-order chi connectivity index (χ1) is 7.61. The molecule has 4 heteroatoms. The Morgan fingerprint density at radius 3 is 2.62 bits per heavy atom. The second kappa shape index (κ2) is 4.28. The molecule has 0 saturated heterocycles. The van der Waals surface area contributed by atoms with Crippen molar-refractivity contribution >= 4 is 5.97 Å². The van der Waals surface area contributed by atoms with Crippen molar-refractivity contribution < 1.29 is 9.90 Å². The molecule has 0 aromatic carbocycles. The van der Waals surface area contributed by atoms with Gasteiger partial charge in [-0.15, -0.1) is 0 Å². The van der Waals surface area contributed by atoms with E-state index in [1.54, 1.807) is 0 Å². The highest BCUT2D eigenvalue weighted by Crippen LogP contribution is 2.32. The first kappa shape index (κ1) is 11.2. The van der Waals surface area contributed by atoms with Crippen molar-refractivity contribution in [3.8, 4) is 0 Å². The van der Waals surface area contributed by atoms with E-state index in [-0.39, 0.29) is 5.92 Å². The Labute approximate surface area is 95.3 Å². The Hall–Kier alpha value is -1.32. The normalized spacial score (nSPS) is 17.2. The molecule has 1 N–H and O–H groups in total. The van der Waals surface area contributed by atoms with Crippen LogP contribution in [0.3, 0.4) is 0 Å². The summed E-state index contributed by atoms with van der Waals surface area (Å²) in [5.74, 6) is -0.665. The van der Waals surface area contributed by atoms with E-state index in [1.807, 2.05) is 18.5 Å². The van der Waals surface area contributed by atoms with Gasteiger partial charge in [-0.1, -0.05) is 26.7 Å². The van der Waals surface area contributed by atoms with Crippen molar-refractivity contribution in [3.05, 3.63) is 17.5 Å². The fraction of sp³-hybridized carbons (Fsp3) is 0.667. The summed E-state index contributed by atoms with van der Waals surface area (Å²) in [6, 6.07) is 0.408. The molecule has 0 aliphatic heterocycles. The van der Waals surface area contributed by atoms with Gasteiger partial charge in [0.2, 0.25) is 0 Å². The van der Waals surface area contributed by atoms with Crippen molar-refractivity contribution in [2.75, 3.05) is 0 Å². The lowest BCUT2D eigenvalue weighted by atomic mass is 10.1. The Morgan fingerprint density at radius 2 is 2.12 bits per heavy atom. The number of carboxylic acid groups (broad SMARTS) is 1. The summed E-state index contributed by atoms with van der Waals surface area (Å²) < 4.78 is 1.95. The van der Waals surface area contributed by atoms with E-state index in [9.17, 15) is 4.79 Å². The number of carbonyl (C=O) groups is 1. The van der Waals surface area contributed by atoms with Gasteiger partial charge in [0.15, 0.2) is 0 Å². The molecular formula is C12H18N2O2. The van der Waals surface area contributed by atoms with Crippen LogP contribution in [0.4, 0.5) is 0 Å². The number of nitrogens with zero attached hydrogens (tertiary/aromatic N) is 2. The average molecular weight is 222 g/mol. The van der Waals surface area contributed by atoms with Crippen LogP contribution >= 0.6 is 0 Å². The fourth-order valence-corrected chi connectivity index (χ4v) is 2.55. The molecule has 1 saturated carbocycles. The fourth-order valence-electron chi connectivity index (χ4n) is 2.55. The van der Waals surface area contributed by atoms with E-state index in [2.05, 4.69) is 5.10 Å². The zero-order valence-electron chi connectivity index (χ0n) is 9.81. The summed E-state index contributed by atoms with van der Waals surface area (Å²) in [5.41, 5.74) is 1.24. The number of aromatic nitrogens is 2. The third kappa shape index (κ3) is 1.84. The number of aromatic carboxylic acids is 1. The van der Waals surface area contributed by atoms with Gasteiger partial charge in [0.25, 0.3) is 0 Å². The van der Waals surface area contributed by atoms with E-state index in [0.29, 0.717) is 11.6 Å². The first-order valence-electron chi connectivity index (χ1n) is 5.92. The van der Waals surface area contributed by atoms with Crippen LogP contribution in [-0.2, 0) is 0 Å². The zero-order valence-corrected chi connectivity index (χ0v) is 9.81. The van der Waals surface area contributed by atoms with Crippen LogP contribution in [0.1, 0.15) is 67.5 Å². The maximum atomic E-state index is 11.1. The molecule has 1 aliphatic carbocycles. The van der Waals surface area contributed by atoms with Crippen LogP contribution in [-0.4, -0.2) is 20.9 Å². The van der Waals surface area contributed by atoms with E-state index in [4.69, 9.17) is 5.11 Å². The summed E-state index contributed by atoms with van der Waals surface area (Å²) in [5, 5.41) is 13.4. The summed E-state index contributed by atoms with van der Waals surface area (Å²) in [6.45, 7) is 4.05. The monoisotopic (exact) mass is 222 g/mol. The average Bonchev–Trinajstić information content (AvgIpc) is 2.85. The Balaban J connectivity index is 2.40. The van der Waals surface area contributed by atoms with Crippen LogP contribution in [0.25, 0.3) is 0 Å². The summed E-state index contributed by atoms with van der Waals surface area (Å²) in [4.78, 5) is 11.1. The highest BCUT2D eigenvalue weighted by molar-refractivity contribution is 5.88. The van der Waals surface area contributed by atoms with Gasteiger partial charge < -0.3 is 5.11 Å². The molecule has 88 valence electrons. The molecule has 4 nitrogen and oxygen atoms in total. The highest BCUT2D eigenvalue weighted by atomic mass is 16.4. The molecule has 1 aromatic rings. The van der Waals surface area contributed by atoms with Gasteiger partial charge in [-0.05, 0) is 18.8 Å². The molecule has 0 unspecified atom stereocenters. The van der Waals surface area contributed by atoms with E-state index >= 15 is 0 Å². The smallest absolute Gasteiger partial charge is 0.339 e. The summed E-state index contributed by atoms with van der Waals surface area (Å²) in [7, 11) is 0. The van der Waals surface area contributed by atoms with Gasteiger partial charge in [0.05, 0.1) is 17.9 Å². The number of hydrogen-bond donors (Lipinski definition) is 1. The highest BCUT2D eigenvalue weighted by Gasteiger charge is 2.25. The lowest BCUT2D eigenvalue weighted by Gasteiger charge is -2.16. The lowest BCUT2D eigenvalue weighted by Crippen LogP contribution is -2.13. The number of rotatable bonds is 3. The van der Waals surface area contributed by atoms with Crippen molar-refractivity contribution in [2.24, 2.45) is 0 Å². The molecule has 0 bridgehead atoms. The molecule has 1 aromatic heterocycles. The van der Waals surface area contributed by atoms with Gasteiger partial charge in [0, 0.05) is 0 Å². The number of hydrogen-bond acceptors (Lipinski definition) is 2. The van der Waals surface area contributed by atoms with Crippen LogP contribution in [0.15, 0.2) is 6.20 Å². The van der Waals surface area contributed by atoms with Crippen LogP contribution in [0, 0.1) is 0 Å². The molecule has 16 heavy (non-hydrogen) atoms. The Morgan fingerprint density at radius 1 is 1.50 bits per heavy atom. The van der Waals surface area contributed by atoms with Gasteiger partial charge in [-0.3, -0.25) is 4.68 Å². The second-order valence-electron chi connectivity index (χ2n) is 4.79. The molecule has 0 amide bonds. The number of carboxylic acids is 1. The minimum atomic E-state index is -0.868. The van der Waals surface area contributed by atoms with Crippen molar-refractivity contribution in [3.63, 3.8) is 0 Å². The van der Waals surface area contributed by atoms with Gasteiger partial charge >= 0.3 is 5.97 Å². The van der Waals surface area contributed by atoms with E-state index < -0.39 is 5.97 Å². The molecule has 1 aliphatic rings. The lowest BCUT2D eigenvalue weighted by molar-refractivity contribution is 0.0695. The van der Waals surface area contributed by atoms with Crippen LogP contribution < -0.4 is 0 Å². The van der Waals surface area contributed by atoms with Crippen molar-refractivity contribution in [1.82, 2.24) is 9.78 Å². The predicted octanol–water partition coefficient (Wildman–Crippen LogP) is 2.82. The third-order valence-electron chi connectivity index (χ3n) is 3.28. The standard InChI is InChI=1S/C12H18N2O2/c1-8(2)11-10(12(15)16)7-13-14(11)9-5-3-4-6-9/h7-9H,3-6H2,1-2H3,(H,15,16). The molecule has 0 spiro atoms. The minimum absolute atomic E-state index is 0.203. The maximum Gasteiger partial charge on any atom is 0.339 e. The topological polar surface area (TPSA) is 55.1 Å². The molecule has 0 atom stereocenters. The van der Waals surface area contributed by atoms with Gasteiger partial charge in [-0.2, -0.15) is 5.10 Å². The third-order valence-corrected chi connectivity index (χ3v) is 3.28. The minimum Gasteiger partial charge on any atom is -0.478 e. The molecular weight excluding hydrogens is 204 g/mol. The predicted molar refractivity (Wildman–Crippen MR) is 60.8 cm³/mol. The SMILES string of the molecule is CC(C)c1c(C(=O)O)cnn1C1CCCC1. The van der Waals surface area contributed by atoms with E-state index in [1.165, 1.54) is 19.0 Å². The largest absolute Gasteiger partial charge is 0.478 e. The van der Waals surface area contributed by atoms with Gasteiger partial charge in [-0.25, -0.2) is 4.79 Å². The molecule has 2 rings (SSSR count). The Kier molecular flexibility index (Phi) is 2.99. The van der Waals surface area contributed by atoms with Crippen molar-refractivity contribution in [1.29, 1.82) is 0 Å². The quantitative estimate of drug-likeness (QED) is 0.855. The molecule has 0 radical (unpaired) electrons. The molecule has 1 fully saturated rings. The summed E-state index contributed by atoms with van der Waals surface area (Å²) in [6.07, 6.45) is 6.20. The van der Waals surface area contributed by atoms with Crippen molar-refractivity contribution in [2.45, 2.75) is 51.5 Å². The second-order valence-corrected chi connectivity index (χ2v) is 4.79. The zero-order chi connectivity index (χ0) is 11.7. The maximum absolute atomic E-state index is 11.1. The Bertz CT molecular complexity index is 390.